The van der Waals surface area contributed by atoms with E-state index in [9.17, 15) is 28.1 Å². The summed E-state index contributed by atoms with van der Waals surface area (Å²) in [6.07, 6.45) is 1.10. The molecule has 0 aliphatic carbocycles. The van der Waals surface area contributed by atoms with Crippen molar-refractivity contribution >= 4 is 56.4 Å². The van der Waals surface area contributed by atoms with Crippen LogP contribution >= 0.6 is 23.2 Å². The minimum absolute atomic E-state index is 0.0107. The second-order valence-electron chi connectivity index (χ2n) is 9.22. The lowest BCUT2D eigenvalue weighted by Gasteiger charge is -2.33. The van der Waals surface area contributed by atoms with Crippen LogP contribution in [0.3, 0.4) is 0 Å². The molecule has 0 aliphatic rings. The molecule has 1 N–H and O–H groups in total. The maximum Gasteiger partial charge on any atom is 0.271 e. The number of nitro groups is 1. The number of benzene rings is 2. The molecule has 39 heavy (non-hydrogen) atoms. The smallest absolute Gasteiger partial charge is 0.271 e. The van der Waals surface area contributed by atoms with Crippen LogP contribution in [0.5, 0.6) is 5.75 Å². The molecule has 214 valence electrons. The van der Waals surface area contributed by atoms with Gasteiger partial charge in [-0.05, 0) is 36.1 Å². The number of sulfonamides is 1. The van der Waals surface area contributed by atoms with Gasteiger partial charge in [-0.15, -0.1) is 0 Å². The molecule has 0 spiro atoms. The molecule has 2 aromatic rings. The van der Waals surface area contributed by atoms with E-state index in [1.165, 1.54) is 18.1 Å². The van der Waals surface area contributed by atoms with E-state index < -0.39 is 39.3 Å². The van der Waals surface area contributed by atoms with Crippen LogP contribution in [0.25, 0.3) is 0 Å². The normalized spacial score (nSPS) is 12.1. The lowest BCUT2D eigenvalue weighted by Crippen LogP contribution is -2.52. The highest BCUT2D eigenvalue weighted by atomic mass is 35.5. The summed E-state index contributed by atoms with van der Waals surface area (Å²) in [5.74, 6) is -0.950. The summed E-state index contributed by atoms with van der Waals surface area (Å²) in [6, 6.07) is 7.23. The van der Waals surface area contributed by atoms with Gasteiger partial charge in [0.25, 0.3) is 5.69 Å². The molecular weight excluding hydrogens is 571 g/mol. The number of halogens is 2. The number of anilines is 1. The molecule has 0 fully saturated rings. The van der Waals surface area contributed by atoms with Crippen LogP contribution in [0.1, 0.15) is 32.8 Å². The number of methoxy groups -OCH3 is 1. The van der Waals surface area contributed by atoms with Crippen LogP contribution in [0.2, 0.25) is 10.0 Å². The Kier molecular flexibility index (Phi) is 11.4. The van der Waals surface area contributed by atoms with E-state index in [1.54, 1.807) is 25.1 Å². The van der Waals surface area contributed by atoms with E-state index in [4.69, 9.17) is 27.9 Å². The quantitative estimate of drug-likeness (QED) is 0.267. The number of hydrogen-bond donors (Lipinski definition) is 1. The Labute approximate surface area is 238 Å². The Balaban J connectivity index is 2.57. The fraction of sp³-hybridized carbons (Fsp3) is 0.440. The highest BCUT2D eigenvalue weighted by molar-refractivity contribution is 7.92. The van der Waals surface area contributed by atoms with Gasteiger partial charge in [0, 0.05) is 25.2 Å². The highest BCUT2D eigenvalue weighted by Crippen LogP contribution is 2.34. The summed E-state index contributed by atoms with van der Waals surface area (Å²) >= 11 is 12.2. The molecule has 0 saturated carbocycles. The van der Waals surface area contributed by atoms with Gasteiger partial charge in [-0.2, -0.15) is 0 Å². The molecule has 11 nitrogen and oxygen atoms in total. The zero-order valence-corrected chi connectivity index (χ0v) is 24.6. The molecule has 0 unspecified atom stereocenters. The number of nitrogens with one attached hydrogen (secondary N) is 1. The van der Waals surface area contributed by atoms with Crippen molar-refractivity contribution in [2.75, 3.05) is 30.8 Å². The van der Waals surface area contributed by atoms with Gasteiger partial charge in [-0.1, -0.05) is 50.0 Å². The monoisotopic (exact) mass is 602 g/mol. The standard InChI is InChI=1S/C25H32Cl2N4O7S/c1-6-21(25(33)28-13-16(2)3)29(14-17-7-9-19(26)20(27)11-17)24(32)15-30(39(5,36)37)22-12-18(31(34)35)8-10-23(22)38-4/h7-12,16,21H,6,13-15H2,1-5H3,(H,28,33)/t21-/m0/s1. The van der Waals surface area contributed by atoms with Crippen molar-refractivity contribution in [2.45, 2.75) is 39.8 Å². The molecule has 1 atom stereocenters. The number of ether oxygens (including phenoxy) is 1. The number of hydrogen-bond acceptors (Lipinski definition) is 7. The first kappa shape index (κ1) is 32.1. The largest absolute Gasteiger partial charge is 0.495 e. The molecule has 14 heteroatoms. The van der Waals surface area contributed by atoms with E-state index in [0.29, 0.717) is 17.1 Å². The zero-order valence-electron chi connectivity index (χ0n) is 22.3. The van der Waals surface area contributed by atoms with Crippen LogP contribution < -0.4 is 14.4 Å². The predicted octanol–water partition coefficient (Wildman–Crippen LogP) is 4.26. The van der Waals surface area contributed by atoms with Crippen molar-refractivity contribution in [1.82, 2.24) is 10.2 Å². The lowest BCUT2D eigenvalue weighted by molar-refractivity contribution is -0.384. The van der Waals surface area contributed by atoms with Crippen LogP contribution in [-0.4, -0.2) is 62.6 Å². The summed E-state index contributed by atoms with van der Waals surface area (Å²) in [4.78, 5) is 38.9. The van der Waals surface area contributed by atoms with Crippen LogP contribution in [0.15, 0.2) is 36.4 Å². The first-order valence-corrected chi connectivity index (χ1v) is 14.6. The first-order valence-electron chi connectivity index (χ1n) is 12.0. The number of carbonyl (C=O) groups excluding carboxylic acids is 2. The number of nitrogens with zero attached hydrogens (tertiary/aromatic N) is 3. The molecule has 0 heterocycles. The van der Waals surface area contributed by atoms with E-state index in [2.05, 4.69) is 5.32 Å². The van der Waals surface area contributed by atoms with Crippen molar-refractivity contribution in [3.8, 4) is 5.75 Å². The Morgan fingerprint density at radius 2 is 1.79 bits per heavy atom. The molecule has 0 bridgehead atoms. The second-order valence-corrected chi connectivity index (χ2v) is 11.9. The fourth-order valence-corrected chi connectivity index (χ4v) is 4.92. The Bertz CT molecular complexity index is 1320. The highest BCUT2D eigenvalue weighted by Gasteiger charge is 2.33. The second kappa shape index (κ2) is 13.8. The van der Waals surface area contributed by atoms with E-state index in [-0.39, 0.29) is 41.0 Å². The molecule has 0 aromatic heterocycles. The number of amides is 2. The Hall–Kier alpha value is -3.09. The lowest BCUT2D eigenvalue weighted by atomic mass is 10.1. The maximum absolute atomic E-state index is 13.8. The van der Waals surface area contributed by atoms with Gasteiger partial charge < -0.3 is 15.0 Å². The van der Waals surface area contributed by atoms with Gasteiger partial charge in [0.2, 0.25) is 21.8 Å². The molecular formula is C25H32Cl2N4O7S. The van der Waals surface area contributed by atoms with Gasteiger partial charge in [0.15, 0.2) is 0 Å². The Morgan fingerprint density at radius 3 is 2.31 bits per heavy atom. The van der Waals surface area contributed by atoms with Crippen molar-refractivity contribution in [3.05, 3.63) is 62.1 Å². The summed E-state index contributed by atoms with van der Waals surface area (Å²) in [7, 11) is -2.86. The first-order chi connectivity index (χ1) is 18.2. The average Bonchev–Trinajstić information content (AvgIpc) is 2.86. The average molecular weight is 604 g/mol. The molecule has 2 rings (SSSR count). The predicted molar refractivity (Wildman–Crippen MR) is 151 cm³/mol. The molecule has 0 aliphatic heterocycles. The third kappa shape index (κ3) is 8.70. The summed E-state index contributed by atoms with van der Waals surface area (Å²) in [5, 5.41) is 14.8. The topological polar surface area (TPSA) is 139 Å². The SMILES string of the molecule is CC[C@@H](C(=O)NCC(C)C)N(Cc1ccc(Cl)c(Cl)c1)C(=O)CN(c1cc([N+](=O)[O-])ccc1OC)S(C)(=O)=O. The van der Waals surface area contributed by atoms with Crippen molar-refractivity contribution in [3.63, 3.8) is 0 Å². The molecule has 2 amide bonds. The van der Waals surface area contributed by atoms with E-state index >= 15 is 0 Å². The number of carbonyl (C=O) groups is 2. The fourth-order valence-electron chi connectivity index (χ4n) is 3.76. The number of non-ortho nitro benzene ring substituents is 1. The van der Waals surface area contributed by atoms with Gasteiger partial charge in [0.05, 0.1) is 28.3 Å². The molecule has 0 radical (unpaired) electrons. The van der Waals surface area contributed by atoms with E-state index in [1.807, 2.05) is 13.8 Å². The van der Waals surface area contributed by atoms with Crippen molar-refractivity contribution < 1.29 is 27.7 Å². The zero-order chi connectivity index (χ0) is 29.5. The van der Waals surface area contributed by atoms with Gasteiger partial charge in [-0.3, -0.25) is 24.0 Å². The number of nitro benzene ring substituents is 1. The maximum atomic E-state index is 13.8. The van der Waals surface area contributed by atoms with Crippen molar-refractivity contribution in [1.29, 1.82) is 0 Å². The minimum atomic E-state index is -4.14. The molecule has 2 aromatic carbocycles. The number of rotatable bonds is 13. The third-order valence-corrected chi connectivity index (χ3v) is 7.59. The third-order valence-electron chi connectivity index (χ3n) is 5.73. The summed E-state index contributed by atoms with van der Waals surface area (Å²) in [6.45, 7) is 5.14. The molecule has 0 saturated heterocycles. The minimum Gasteiger partial charge on any atom is -0.495 e. The van der Waals surface area contributed by atoms with Crippen LogP contribution in [-0.2, 0) is 26.2 Å². The van der Waals surface area contributed by atoms with Crippen LogP contribution in [0.4, 0.5) is 11.4 Å². The van der Waals surface area contributed by atoms with Gasteiger partial charge >= 0.3 is 0 Å². The summed E-state index contributed by atoms with van der Waals surface area (Å²) in [5.41, 5.74) is -0.0138. The Morgan fingerprint density at radius 1 is 1.13 bits per heavy atom. The van der Waals surface area contributed by atoms with Crippen molar-refractivity contribution in [2.24, 2.45) is 5.92 Å². The van der Waals surface area contributed by atoms with Gasteiger partial charge in [0.1, 0.15) is 24.0 Å². The van der Waals surface area contributed by atoms with Gasteiger partial charge in [-0.25, -0.2) is 8.42 Å². The van der Waals surface area contributed by atoms with Crippen LogP contribution in [0, 0.1) is 16.0 Å². The van der Waals surface area contributed by atoms with E-state index in [0.717, 1.165) is 22.7 Å². The summed E-state index contributed by atoms with van der Waals surface area (Å²) < 4.78 is 31.7.